The molecule has 0 spiro atoms. The molecule has 1 aliphatic rings. The molecule has 1 saturated carbocycles. The number of carbonyl (C=O) groups is 1. The third-order valence-corrected chi connectivity index (χ3v) is 5.11. The van der Waals surface area contributed by atoms with Crippen LogP contribution in [0.25, 0.3) is 0 Å². The molecule has 28 heavy (non-hydrogen) atoms. The number of pyridine rings is 1. The first kappa shape index (κ1) is 18.4. The summed E-state index contributed by atoms with van der Waals surface area (Å²) in [4.78, 5) is 16.7. The molecule has 0 bridgehead atoms. The molecule has 0 unspecified atom stereocenters. The minimum absolute atomic E-state index is 0.0640. The van der Waals surface area contributed by atoms with E-state index in [0.717, 1.165) is 18.4 Å². The maximum absolute atomic E-state index is 14.3. The van der Waals surface area contributed by atoms with Gasteiger partial charge in [0.1, 0.15) is 5.75 Å². The van der Waals surface area contributed by atoms with Crippen LogP contribution in [0.4, 0.5) is 4.39 Å². The van der Waals surface area contributed by atoms with E-state index in [-0.39, 0.29) is 18.2 Å². The smallest absolute Gasteiger partial charge is 0.230 e. The number of hydrogen-bond acceptors (Lipinski definition) is 3. The fraction of sp³-hybridized carbons (Fsp3) is 0.182. The summed E-state index contributed by atoms with van der Waals surface area (Å²) < 4.78 is 19.8. The van der Waals surface area contributed by atoms with Crippen LogP contribution in [0.2, 0.25) is 5.02 Å². The van der Waals surface area contributed by atoms with E-state index in [1.165, 1.54) is 12.3 Å². The van der Waals surface area contributed by atoms with Crippen molar-refractivity contribution in [2.75, 3.05) is 0 Å². The van der Waals surface area contributed by atoms with E-state index < -0.39 is 11.2 Å². The van der Waals surface area contributed by atoms with Gasteiger partial charge >= 0.3 is 0 Å². The topological polar surface area (TPSA) is 51.2 Å². The number of benzene rings is 2. The van der Waals surface area contributed by atoms with Crippen molar-refractivity contribution in [2.24, 2.45) is 0 Å². The fourth-order valence-corrected chi connectivity index (χ4v) is 3.37. The van der Waals surface area contributed by atoms with Crippen LogP contribution in [0.3, 0.4) is 0 Å². The van der Waals surface area contributed by atoms with Gasteiger partial charge in [0.15, 0.2) is 11.6 Å². The Balaban J connectivity index is 1.41. The summed E-state index contributed by atoms with van der Waals surface area (Å²) in [6.45, 7) is 0.241. The first-order valence-electron chi connectivity index (χ1n) is 8.97. The van der Waals surface area contributed by atoms with Gasteiger partial charge in [0.2, 0.25) is 5.91 Å². The summed E-state index contributed by atoms with van der Waals surface area (Å²) in [5.41, 5.74) is 1.06. The minimum atomic E-state index is -0.521. The lowest BCUT2D eigenvalue weighted by atomic mass is 9.95. The molecule has 2 aromatic carbocycles. The van der Waals surface area contributed by atoms with Gasteiger partial charge in [-0.1, -0.05) is 29.8 Å². The highest BCUT2D eigenvalue weighted by molar-refractivity contribution is 6.30. The van der Waals surface area contributed by atoms with Crippen molar-refractivity contribution in [2.45, 2.75) is 24.8 Å². The highest BCUT2D eigenvalue weighted by Gasteiger charge is 2.51. The Morgan fingerprint density at radius 3 is 2.71 bits per heavy atom. The number of nitrogens with zero attached hydrogens (tertiary/aromatic N) is 1. The molecule has 142 valence electrons. The first-order valence-corrected chi connectivity index (χ1v) is 9.35. The number of hydrogen-bond donors (Lipinski definition) is 1. The van der Waals surface area contributed by atoms with Gasteiger partial charge < -0.3 is 10.1 Å². The predicted molar refractivity (Wildman–Crippen MR) is 105 cm³/mol. The van der Waals surface area contributed by atoms with Crippen molar-refractivity contribution in [3.05, 3.63) is 89.0 Å². The zero-order valence-corrected chi connectivity index (χ0v) is 15.7. The average molecular weight is 397 g/mol. The lowest BCUT2D eigenvalue weighted by Crippen LogP contribution is -2.34. The SMILES string of the molecule is O=C(NCc1ccc(Oc2cccnc2)c(F)c1)C1(c2cccc(Cl)c2)CC1. The van der Waals surface area contributed by atoms with Crippen LogP contribution >= 0.6 is 11.6 Å². The summed E-state index contributed by atoms with van der Waals surface area (Å²) in [6.07, 6.45) is 4.69. The quantitative estimate of drug-likeness (QED) is 0.636. The highest BCUT2D eigenvalue weighted by atomic mass is 35.5. The standard InChI is InChI=1S/C22H18ClFN2O2/c23-17-4-1-3-16(12-17)22(8-9-22)21(27)26-13-15-6-7-20(19(24)11-15)28-18-5-2-10-25-14-18/h1-7,10-12,14H,8-9,13H2,(H,26,27). The molecule has 1 aromatic heterocycles. The zero-order chi connectivity index (χ0) is 19.6. The molecule has 1 aliphatic carbocycles. The van der Waals surface area contributed by atoms with Crippen LogP contribution in [-0.2, 0) is 16.8 Å². The van der Waals surface area contributed by atoms with Gasteiger partial charge in [-0.25, -0.2) is 4.39 Å². The van der Waals surface area contributed by atoms with Crippen LogP contribution in [0.1, 0.15) is 24.0 Å². The van der Waals surface area contributed by atoms with Gasteiger partial charge in [0.05, 0.1) is 11.6 Å². The third-order valence-electron chi connectivity index (χ3n) is 4.87. The van der Waals surface area contributed by atoms with E-state index in [1.54, 1.807) is 36.5 Å². The van der Waals surface area contributed by atoms with Gasteiger partial charge in [-0.15, -0.1) is 0 Å². The molecule has 1 N–H and O–H groups in total. The van der Waals surface area contributed by atoms with Crippen molar-refractivity contribution in [3.63, 3.8) is 0 Å². The molecule has 4 nitrogen and oxygen atoms in total. The number of rotatable bonds is 6. The lowest BCUT2D eigenvalue weighted by molar-refractivity contribution is -0.123. The van der Waals surface area contributed by atoms with Crippen molar-refractivity contribution in [3.8, 4) is 11.5 Å². The Hall–Kier alpha value is -2.92. The normalized spacial score (nSPS) is 14.4. The van der Waals surface area contributed by atoms with E-state index in [0.29, 0.717) is 16.3 Å². The third kappa shape index (κ3) is 3.85. The summed E-state index contributed by atoms with van der Waals surface area (Å²) in [7, 11) is 0. The molecule has 0 atom stereocenters. The van der Waals surface area contributed by atoms with Gasteiger partial charge in [0, 0.05) is 17.8 Å². The molecule has 0 aliphatic heterocycles. The van der Waals surface area contributed by atoms with Crippen LogP contribution in [0, 0.1) is 5.82 Å². The fourth-order valence-electron chi connectivity index (χ4n) is 3.18. The van der Waals surface area contributed by atoms with Crippen LogP contribution in [0.5, 0.6) is 11.5 Å². The van der Waals surface area contributed by atoms with Crippen molar-refractivity contribution < 1.29 is 13.9 Å². The van der Waals surface area contributed by atoms with Gasteiger partial charge in [0.25, 0.3) is 0 Å². The van der Waals surface area contributed by atoms with E-state index in [9.17, 15) is 9.18 Å². The number of ether oxygens (including phenoxy) is 1. The van der Waals surface area contributed by atoms with Gasteiger partial charge in [-0.3, -0.25) is 9.78 Å². The Bertz CT molecular complexity index is 1010. The van der Waals surface area contributed by atoms with E-state index in [2.05, 4.69) is 10.3 Å². The summed E-state index contributed by atoms with van der Waals surface area (Å²) in [5.74, 6) is 0.0118. The summed E-state index contributed by atoms with van der Waals surface area (Å²) in [6, 6.07) is 15.4. The number of halogens is 2. The molecule has 1 heterocycles. The number of carbonyl (C=O) groups excluding carboxylic acids is 1. The molecule has 1 fully saturated rings. The Kier molecular flexibility index (Phi) is 5.01. The monoisotopic (exact) mass is 396 g/mol. The Labute approximate surface area is 167 Å². The largest absolute Gasteiger partial charge is 0.453 e. The first-order chi connectivity index (χ1) is 13.6. The summed E-state index contributed by atoms with van der Waals surface area (Å²) in [5, 5.41) is 3.53. The maximum Gasteiger partial charge on any atom is 0.230 e. The number of amides is 1. The lowest BCUT2D eigenvalue weighted by Gasteiger charge is -2.16. The van der Waals surface area contributed by atoms with Crippen molar-refractivity contribution >= 4 is 17.5 Å². The summed E-state index contributed by atoms with van der Waals surface area (Å²) >= 11 is 6.06. The molecular formula is C22H18ClFN2O2. The highest BCUT2D eigenvalue weighted by Crippen LogP contribution is 2.48. The molecular weight excluding hydrogens is 379 g/mol. The van der Waals surface area contributed by atoms with Crippen molar-refractivity contribution in [1.29, 1.82) is 0 Å². The predicted octanol–water partition coefficient (Wildman–Crippen LogP) is 5.01. The van der Waals surface area contributed by atoms with E-state index >= 15 is 0 Å². The average Bonchev–Trinajstić information content (AvgIpc) is 3.51. The second-order valence-corrected chi connectivity index (χ2v) is 7.27. The molecule has 3 aromatic rings. The molecule has 0 saturated heterocycles. The molecule has 1 amide bonds. The van der Waals surface area contributed by atoms with E-state index in [1.807, 2.05) is 18.2 Å². The molecule has 0 radical (unpaired) electrons. The Morgan fingerprint density at radius 2 is 2.04 bits per heavy atom. The Morgan fingerprint density at radius 1 is 1.18 bits per heavy atom. The van der Waals surface area contributed by atoms with Gasteiger partial charge in [-0.05, 0) is 60.4 Å². The van der Waals surface area contributed by atoms with E-state index in [4.69, 9.17) is 16.3 Å². The zero-order valence-electron chi connectivity index (χ0n) is 15.0. The van der Waals surface area contributed by atoms with Crippen LogP contribution in [0.15, 0.2) is 67.0 Å². The van der Waals surface area contributed by atoms with Crippen LogP contribution in [-0.4, -0.2) is 10.9 Å². The minimum Gasteiger partial charge on any atom is -0.453 e. The van der Waals surface area contributed by atoms with Crippen molar-refractivity contribution in [1.82, 2.24) is 10.3 Å². The number of aromatic nitrogens is 1. The van der Waals surface area contributed by atoms with Gasteiger partial charge in [-0.2, -0.15) is 0 Å². The maximum atomic E-state index is 14.3. The van der Waals surface area contributed by atoms with Crippen LogP contribution < -0.4 is 10.1 Å². The number of nitrogens with one attached hydrogen (secondary N) is 1. The molecule has 4 rings (SSSR count). The molecule has 6 heteroatoms. The second kappa shape index (κ2) is 7.60. The second-order valence-electron chi connectivity index (χ2n) is 6.83.